The average Bonchev–Trinajstić information content (AvgIpc) is 3.68. The number of carbonyl (C=O) groups excluding carboxylic acids is 1. The Labute approximate surface area is 228 Å². The molecular formula is C27H25ClN6O3S. The number of halogens is 1. The second-order valence-electron chi connectivity index (χ2n) is 9.47. The van der Waals surface area contributed by atoms with Gasteiger partial charge in [-0.3, -0.25) is 9.78 Å². The first kappa shape index (κ1) is 24.7. The maximum Gasteiger partial charge on any atom is 0.270 e. The van der Waals surface area contributed by atoms with E-state index in [1.54, 1.807) is 36.3 Å². The summed E-state index contributed by atoms with van der Waals surface area (Å²) in [6.45, 7) is 1.65. The molecule has 1 fully saturated rings. The lowest BCUT2D eigenvalue weighted by Gasteiger charge is -2.33. The lowest BCUT2D eigenvalue weighted by molar-refractivity contribution is 0.0708. The van der Waals surface area contributed by atoms with Gasteiger partial charge in [0.2, 0.25) is 0 Å². The van der Waals surface area contributed by atoms with E-state index in [4.69, 9.17) is 16.1 Å². The van der Waals surface area contributed by atoms with E-state index in [-0.39, 0.29) is 11.2 Å². The summed E-state index contributed by atoms with van der Waals surface area (Å²) in [4.78, 5) is 30.9. The van der Waals surface area contributed by atoms with Crippen molar-refractivity contribution < 1.29 is 9.32 Å². The maximum atomic E-state index is 13.8. The van der Waals surface area contributed by atoms with Gasteiger partial charge in [0, 0.05) is 54.2 Å². The van der Waals surface area contributed by atoms with E-state index in [0.717, 1.165) is 46.0 Å². The number of aromatic nitrogens is 3. The zero-order valence-electron chi connectivity index (χ0n) is 20.4. The van der Waals surface area contributed by atoms with E-state index in [9.17, 15) is 9.70 Å². The SMILES string of the molecule is O=Nc1ccc2c(c1)cc(C(=O)N1CCC(Nc3ccncc3)CC1)n2Cc1cc(C2CC=C(Cl)S2)on1. The van der Waals surface area contributed by atoms with Gasteiger partial charge in [0.1, 0.15) is 17.1 Å². The van der Waals surface area contributed by atoms with E-state index in [0.29, 0.717) is 42.8 Å². The van der Waals surface area contributed by atoms with Gasteiger partial charge in [0.05, 0.1) is 16.2 Å². The molecule has 2 aliphatic rings. The van der Waals surface area contributed by atoms with Crippen LogP contribution in [0.15, 0.2) is 75.0 Å². The molecule has 0 bridgehead atoms. The summed E-state index contributed by atoms with van der Waals surface area (Å²) in [7, 11) is 0. The molecule has 9 nitrogen and oxygen atoms in total. The van der Waals surface area contributed by atoms with Crippen LogP contribution in [0.4, 0.5) is 11.4 Å². The summed E-state index contributed by atoms with van der Waals surface area (Å²) < 4.78 is 8.34. The number of hydrogen-bond donors (Lipinski definition) is 1. The number of carbonyl (C=O) groups is 1. The smallest absolute Gasteiger partial charge is 0.270 e. The molecule has 1 aromatic carbocycles. The average molecular weight is 549 g/mol. The highest BCUT2D eigenvalue weighted by molar-refractivity contribution is 8.05. The number of thioether (sulfide) groups is 1. The van der Waals surface area contributed by atoms with Gasteiger partial charge in [-0.25, -0.2) is 0 Å². The molecule has 0 saturated carbocycles. The highest BCUT2D eigenvalue weighted by Crippen LogP contribution is 2.45. The Bertz CT molecular complexity index is 1510. The Morgan fingerprint density at radius 1 is 1.16 bits per heavy atom. The molecule has 1 N–H and O–H groups in total. The topological polar surface area (TPSA) is 106 Å². The molecule has 5 heterocycles. The van der Waals surface area contributed by atoms with Crippen LogP contribution in [0.5, 0.6) is 0 Å². The highest BCUT2D eigenvalue weighted by atomic mass is 35.5. The molecule has 4 aromatic rings. The zero-order valence-corrected chi connectivity index (χ0v) is 22.0. The van der Waals surface area contributed by atoms with E-state index in [2.05, 4.69) is 20.6 Å². The van der Waals surface area contributed by atoms with E-state index >= 15 is 0 Å². The number of nitrogens with one attached hydrogen (secondary N) is 1. The van der Waals surface area contributed by atoms with Gasteiger partial charge in [0.15, 0.2) is 5.76 Å². The van der Waals surface area contributed by atoms with E-state index < -0.39 is 0 Å². The molecule has 0 radical (unpaired) electrons. The van der Waals surface area contributed by atoms with Crippen LogP contribution in [0.1, 0.15) is 46.5 Å². The molecule has 0 aliphatic carbocycles. The Balaban J connectivity index is 1.23. The molecule has 1 unspecified atom stereocenters. The third-order valence-electron chi connectivity index (χ3n) is 7.00. The summed E-state index contributed by atoms with van der Waals surface area (Å²) in [5, 5.41) is 11.8. The number of piperidine rings is 1. The lowest BCUT2D eigenvalue weighted by atomic mass is 10.0. The van der Waals surface area contributed by atoms with Crippen molar-refractivity contribution in [1.82, 2.24) is 19.6 Å². The summed E-state index contributed by atoms with van der Waals surface area (Å²) in [6.07, 6.45) is 7.99. The molecule has 1 amide bonds. The number of allylic oxidation sites excluding steroid dienone is 1. The van der Waals surface area contributed by atoms with Crippen LogP contribution in [0, 0.1) is 4.91 Å². The summed E-state index contributed by atoms with van der Waals surface area (Å²) in [5.74, 6) is 0.715. The van der Waals surface area contributed by atoms with Crippen molar-refractivity contribution in [2.24, 2.45) is 5.18 Å². The fourth-order valence-corrected chi connectivity index (χ4v) is 6.35. The molecule has 2 aliphatic heterocycles. The molecule has 1 atom stereocenters. The number of likely N-dealkylation sites (tertiary alicyclic amines) is 1. The summed E-state index contributed by atoms with van der Waals surface area (Å²) in [5.41, 5.74) is 3.45. The number of anilines is 1. The Hall–Kier alpha value is -3.63. The van der Waals surface area contributed by atoms with Crippen LogP contribution >= 0.6 is 23.4 Å². The summed E-state index contributed by atoms with van der Waals surface area (Å²) in [6, 6.07) is 13.1. The van der Waals surface area contributed by atoms with Crippen molar-refractivity contribution in [3.63, 3.8) is 0 Å². The second-order valence-corrected chi connectivity index (χ2v) is 11.3. The Morgan fingerprint density at radius 3 is 2.71 bits per heavy atom. The largest absolute Gasteiger partial charge is 0.382 e. The normalized spacial score (nSPS) is 18.1. The number of hydrogen-bond acceptors (Lipinski definition) is 8. The highest BCUT2D eigenvalue weighted by Gasteiger charge is 2.28. The molecule has 6 rings (SSSR count). The summed E-state index contributed by atoms with van der Waals surface area (Å²) >= 11 is 7.68. The number of pyridine rings is 1. The van der Waals surface area contributed by atoms with Gasteiger partial charge in [-0.1, -0.05) is 22.8 Å². The molecule has 3 aromatic heterocycles. The molecule has 11 heteroatoms. The third-order valence-corrected chi connectivity index (χ3v) is 8.53. The van der Waals surface area contributed by atoms with Gasteiger partial charge >= 0.3 is 0 Å². The Kier molecular flexibility index (Phi) is 6.90. The van der Waals surface area contributed by atoms with Crippen molar-refractivity contribution in [3.05, 3.63) is 87.4 Å². The third kappa shape index (κ3) is 5.06. The molecule has 1 saturated heterocycles. The number of nitroso groups, excluding NO2 is 1. The Morgan fingerprint density at radius 2 is 1.97 bits per heavy atom. The predicted octanol–water partition coefficient (Wildman–Crippen LogP) is 6.45. The fourth-order valence-electron chi connectivity index (χ4n) is 5.06. The van der Waals surface area contributed by atoms with Crippen molar-refractivity contribution >= 4 is 51.5 Å². The minimum Gasteiger partial charge on any atom is -0.382 e. The van der Waals surface area contributed by atoms with Crippen LogP contribution in [0.3, 0.4) is 0 Å². The number of benzene rings is 1. The van der Waals surface area contributed by atoms with Crippen molar-refractivity contribution in [1.29, 1.82) is 0 Å². The van der Waals surface area contributed by atoms with Crippen molar-refractivity contribution in [2.75, 3.05) is 18.4 Å². The number of rotatable bonds is 7. The predicted molar refractivity (Wildman–Crippen MR) is 149 cm³/mol. The minimum atomic E-state index is -0.0461. The second kappa shape index (κ2) is 10.6. The standard InChI is InChI=1S/C27H25ClN6O3S/c28-26-4-3-25(38-26)24-15-21(32-37-24)16-34-22-2-1-20(31-36)13-17(22)14-23(34)27(35)33-11-7-19(8-12-33)30-18-5-9-29-10-6-18/h1-2,4-6,9-10,13-15,19,25H,3,7-8,11-12,16H2,(H,29,30). The fraction of sp³-hybridized carbons (Fsp3) is 0.296. The van der Waals surface area contributed by atoms with Crippen LogP contribution in [-0.2, 0) is 6.54 Å². The number of nitrogens with zero attached hydrogens (tertiary/aromatic N) is 5. The first-order chi connectivity index (χ1) is 18.6. The quantitative estimate of drug-likeness (QED) is 0.265. The van der Waals surface area contributed by atoms with Crippen molar-refractivity contribution in [2.45, 2.75) is 37.1 Å². The molecule has 0 spiro atoms. The lowest BCUT2D eigenvalue weighted by Crippen LogP contribution is -2.43. The van der Waals surface area contributed by atoms with E-state index in [1.165, 1.54) is 0 Å². The zero-order chi connectivity index (χ0) is 26.1. The van der Waals surface area contributed by atoms with Crippen LogP contribution < -0.4 is 5.32 Å². The van der Waals surface area contributed by atoms with Crippen LogP contribution in [-0.4, -0.2) is 44.6 Å². The molecular weight excluding hydrogens is 524 g/mol. The van der Waals surface area contributed by atoms with Gasteiger partial charge in [-0.2, -0.15) is 0 Å². The monoisotopic (exact) mass is 548 g/mol. The van der Waals surface area contributed by atoms with Gasteiger partial charge in [-0.15, -0.1) is 16.7 Å². The van der Waals surface area contributed by atoms with Gasteiger partial charge < -0.3 is 19.3 Å². The van der Waals surface area contributed by atoms with Crippen LogP contribution in [0.2, 0.25) is 0 Å². The number of amides is 1. The first-order valence-electron chi connectivity index (χ1n) is 12.5. The molecule has 194 valence electrons. The maximum absolute atomic E-state index is 13.8. The van der Waals surface area contributed by atoms with Crippen molar-refractivity contribution in [3.8, 4) is 0 Å². The van der Waals surface area contributed by atoms with E-state index in [1.807, 2.05) is 45.9 Å². The van der Waals surface area contributed by atoms with Crippen LogP contribution in [0.25, 0.3) is 10.9 Å². The van der Waals surface area contributed by atoms with Gasteiger partial charge in [0.25, 0.3) is 5.91 Å². The first-order valence-corrected chi connectivity index (χ1v) is 13.7. The molecule has 38 heavy (non-hydrogen) atoms. The van der Waals surface area contributed by atoms with Gasteiger partial charge in [-0.05, 0) is 60.8 Å². The number of fused-ring (bicyclic) bond motifs is 1. The minimum absolute atomic E-state index is 0.0461.